The summed E-state index contributed by atoms with van der Waals surface area (Å²) in [6.45, 7) is 0.164. The standard InChI is InChI=1S/C23H22N2O3S/c26-21(13-14-24-22(27)15-7-1-2-8-16(15)23(24)28)25-17-9-3-5-11-19(17)29-20-12-6-4-10-18(20)25/h3-6,9-12,15-16H,1-2,7-8,13-14H2/t15-,16-/m1/s1. The van der Waals surface area contributed by atoms with Crippen molar-refractivity contribution in [3.8, 4) is 0 Å². The Bertz CT molecular complexity index is 936. The molecule has 0 unspecified atom stereocenters. The third-order valence-electron chi connectivity index (χ3n) is 6.16. The fraction of sp³-hybridized carbons (Fsp3) is 0.348. The minimum absolute atomic E-state index is 0.0810. The first-order chi connectivity index (χ1) is 14.1. The summed E-state index contributed by atoms with van der Waals surface area (Å²) in [4.78, 5) is 43.8. The SMILES string of the molecule is O=C1[C@@H]2CCCC[C@H]2C(=O)N1CCC(=O)N1c2ccccc2Sc2ccccc21. The van der Waals surface area contributed by atoms with Gasteiger partial charge in [0.05, 0.1) is 23.2 Å². The maximum atomic E-state index is 13.3. The number of nitrogens with zero attached hydrogens (tertiary/aromatic N) is 2. The van der Waals surface area contributed by atoms with Crippen LogP contribution in [0.2, 0.25) is 0 Å². The number of fused-ring (bicyclic) bond motifs is 3. The first-order valence-corrected chi connectivity index (χ1v) is 11.0. The van der Waals surface area contributed by atoms with Gasteiger partial charge in [-0.3, -0.25) is 24.2 Å². The van der Waals surface area contributed by atoms with Gasteiger partial charge in [-0.1, -0.05) is 48.9 Å². The molecular formula is C23H22N2O3S. The van der Waals surface area contributed by atoms with Crippen LogP contribution in [0.4, 0.5) is 11.4 Å². The van der Waals surface area contributed by atoms with E-state index in [-0.39, 0.29) is 42.5 Å². The van der Waals surface area contributed by atoms with Crippen LogP contribution < -0.4 is 4.90 Å². The van der Waals surface area contributed by atoms with Crippen LogP contribution in [0.5, 0.6) is 0 Å². The van der Waals surface area contributed by atoms with E-state index >= 15 is 0 Å². The molecule has 1 saturated carbocycles. The number of para-hydroxylation sites is 2. The molecular weight excluding hydrogens is 384 g/mol. The molecule has 2 fully saturated rings. The molecule has 1 aliphatic carbocycles. The molecule has 29 heavy (non-hydrogen) atoms. The average molecular weight is 407 g/mol. The van der Waals surface area contributed by atoms with Crippen LogP contribution >= 0.6 is 11.8 Å². The Morgan fingerprint density at radius 1 is 0.862 bits per heavy atom. The van der Waals surface area contributed by atoms with Crippen LogP contribution in [-0.4, -0.2) is 29.2 Å². The fourth-order valence-corrected chi connectivity index (χ4v) is 5.80. The van der Waals surface area contributed by atoms with E-state index in [0.717, 1.165) is 46.8 Å². The topological polar surface area (TPSA) is 57.7 Å². The van der Waals surface area contributed by atoms with E-state index in [4.69, 9.17) is 0 Å². The summed E-state index contributed by atoms with van der Waals surface area (Å²) in [6.07, 6.45) is 3.73. The van der Waals surface area contributed by atoms with E-state index in [0.29, 0.717) is 0 Å². The Hall–Kier alpha value is -2.60. The van der Waals surface area contributed by atoms with E-state index in [1.54, 1.807) is 16.7 Å². The molecule has 0 bridgehead atoms. The number of hydrogen-bond donors (Lipinski definition) is 0. The summed E-state index contributed by atoms with van der Waals surface area (Å²) >= 11 is 1.65. The van der Waals surface area contributed by atoms with Gasteiger partial charge in [0.2, 0.25) is 17.7 Å². The van der Waals surface area contributed by atoms with Gasteiger partial charge in [-0.15, -0.1) is 0 Å². The van der Waals surface area contributed by atoms with Crippen LogP contribution in [0.1, 0.15) is 32.1 Å². The second kappa shape index (κ2) is 7.34. The number of amides is 3. The molecule has 2 aliphatic heterocycles. The molecule has 1 saturated heterocycles. The molecule has 2 aromatic rings. The third kappa shape index (κ3) is 3.06. The van der Waals surface area contributed by atoms with Crippen molar-refractivity contribution in [1.82, 2.24) is 4.90 Å². The Morgan fingerprint density at radius 3 is 1.93 bits per heavy atom. The predicted molar refractivity (Wildman–Crippen MR) is 111 cm³/mol. The molecule has 148 valence electrons. The number of carbonyl (C=O) groups excluding carboxylic acids is 3. The van der Waals surface area contributed by atoms with Crippen molar-refractivity contribution >= 4 is 40.9 Å². The average Bonchev–Trinajstić information content (AvgIpc) is 3.00. The summed E-state index contributed by atoms with van der Waals surface area (Å²) in [5, 5.41) is 0. The molecule has 6 heteroatoms. The molecule has 2 heterocycles. The maximum absolute atomic E-state index is 13.3. The molecule has 2 atom stereocenters. The largest absolute Gasteiger partial charge is 0.282 e. The van der Waals surface area contributed by atoms with E-state index in [1.807, 2.05) is 48.5 Å². The second-order valence-electron chi connectivity index (χ2n) is 7.84. The van der Waals surface area contributed by atoms with Crippen molar-refractivity contribution < 1.29 is 14.4 Å². The molecule has 0 N–H and O–H groups in total. The third-order valence-corrected chi connectivity index (χ3v) is 7.29. The van der Waals surface area contributed by atoms with E-state index in [9.17, 15) is 14.4 Å². The van der Waals surface area contributed by atoms with Gasteiger partial charge in [0.25, 0.3) is 0 Å². The number of carbonyl (C=O) groups is 3. The Balaban J connectivity index is 1.38. The van der Waals surface area contributed by atoms with Crippen LogP contribution in [0, 0.1) is 11.8 Å². The first-order valence-electron chi connectivity index (χ1n) is 10.2. The maximum Gasteiger partial charge on any atom is 0.233 e. The number of likely N-dealkylation sites (tertiary alicyclic amines) is 1. The van der Waals surface area contributed by atoms with Gasteiger partial charge in [0.15, 0.2) is 0 Å². The highest BCUT2D eigenvalue weighted by Crippen LogP contribution is 2.48. The lowest BCUT2D eigenvalue weighted by atomic mass is 9.81. The monoisotopic (exact) mass is 406 g/mol. The lowest BCUT2D eigenvalue weighted by Gasteiger charge is -2.31. The van der Waals surface area contributed by atoms with Crippen molar-refractivity contribution in [2.75, 3.05) is 11.4 Å². The molecule has 2 aromatic carbocycles. The minimum atomic E-state index is -0.167. The lowest BCUT2D eigenvalue weighted by Crippen LogP contribution is -2.36. The van der Waals surface area contributed by atoms with Gasteiger partial charge in [0, 0.05) is 22.8 Å². The van der Waals surface area contributed by atoms with Gasteiger partial charge in [-0.25, -0.2) is 0 Å². The smallest absolute Gasteiger partial charge is 0.233 e. The van der Waals surface area contributed by atoms with Crippen molar-refractivity contribution in [3.63, 3.8) is 0 Å². The summed E-state index contributed by atoms with van der Waals surface area (Å²) in [6, 6.07) is 15.7. The quantitative estimate of drug-likeness (QED) is 0.710. The predicted octanol–water partition coefficient (Wildman–Crippen LogP) is 4.38. The van der Waals surface area contributed by atoms with E-state index < -0.39 is 0 Å². The second-order valence-corrected chi connectivity index (χ2v) is 8.93. The Labute approximate surface area is 174 Å². The number of anilines is 2. The molecule has 0 radical (unpaired) electrons. The van der Waals surface area contributed by atoms with Gasteiger partial charge in [0.1, 0.15) is 0 Å². The highest BCUT2D eigenvalue weighted by molar-refractivity contribution is 7.99. The van der Waals surface area contributed by atoms with Crippen molar-refractivity contribution in [1.29, 1.82) is 0 Å². The summed E-state index contributed by atoms with van der Waals surface area (Å²) in [5.74, 6) is -0.593. The zero-order chi connectivity index (χ0) is 20.0. The molecule has 0 aromatic heterocycles. The molecule has 5 nitrogen and oxygen atoms in total. The molecule has 0 spiro atoms. The van der Waals surface area contributed by atoms with Crippen molar-refractivity contribution in [2.45, 2.75) is 41.9 Å². The number of imide groups is 1. The van der Waals surface area contributed by atoms with Crippen LogP contribution in [0.3, 0.4) is 0 Å². The number of benzene rings is 2. The Morgan fingerprint density at radius 2 is 1.38 bits per heavy atom. The fourth-order valence-electron chi connectivity index (χ4n) is 4.74. The van der Waals surface area contributed by atoms with E-state index in [2.05, 4.69) is 0 Å². The highest BCUT2D eigenvalue weighted by atomic mass is 32.2. The molecule has 3 amide bonds. The van der Waals surface area contributed by atoms with E-state index in [1.165, 1.54) is 4.90 Å². The van der Waals surface area contributed by atoms with Gasteiger partial charge < -0.3 is 0 Å². The van der Waals surface area contributed by atoms with Crippen molar-refractivity contribution in [3.05, 3.63) is 48.5 Å². The van der Waals surface area contributed by atoms with Crippen LogP contribution in [0.25, 0.3) is 0 Å². The molecule has 3 aliphatic rings. The van der Waals surface area contributed by atoms with Gasteiger partial charge in [-0.05, 0) is 37.1 Å². The number of hydrogen-bond acceptors (Lipinski definition) is 4. The number of rotatable bonds is 3. The zero-order valence-corrected chi connectivity index (χ0v) is 16.9. The van der Waals surface area contributed by atoms with Crippen LogP contribution in [-0.2, 0) is 14.4 Å². The summed E-state index contributed by atoms with van der Waals surface area (Å²) < 4.78 is 0. The molecule has 5 rings (SSSR count). The minimum Gasteiger partial charge on any atom is -0.282 e. The normalized spacial score (nSPS) is 22.9. The summed E-state index contributed by atoms with van der Waals surface area (Å²) in [5.41, 5.74) is 1.71. The highest BCUT2D eigenvalue weighted by Gasteiger charge is 2.48. The van der Waals surface area contributed by atoms with Crippen LogP contribution in [0.15, 0.2) is 58.3 Å². The summed E-state index contributed by atoms with van der Waals surface area (Å²) in [7, 11) is 0. The van der Waals surface area contributed by atoms with Gasteiger partial charge in [-0.2, -0.15) is 0 Å². The first kappa shape index (κ1) is 18.4. The lowest BCUT2D eigenvalue weighted by molar-refractivity contribution is -0.140. The van der Waals surface area contributed by atoms with Gasteiger partial charge >= 0.3 is 0 Å². The zero-order valence-electron chi connectivity index (χ0n) is 16.0. The van der Waals surface area contributed by atoms with Crippen molar-refractivity contribution in [2.24, 2.45) is 11.8 Å². The Kier molecular flexibility index (Phi) is 4.66.